The molecule has 19 heavy (non-hydrogen) atoms. The van der Waals surface area contributed by atoms with Crippen LogP contribution in [0.4, 0.5) is 5.69 Å². The number of anilines is 1. The Hall–Kier alpha value is -2.37. The molecule has 1 atom stereocenters. The number of carbonyl (C=O) groups excluding carboxylic acids is 1. The molecule has 0 spiro atoms. The molecule has 6 heteroatoms. The number of carboxylic acids is 2. The van der Waals surface area contributed by atoms with Crippen molar-refractivity contribution in [3.05, 3.63) is 29.3 Å². The van der Waals surface area contributed by atoms with Crippen LogP contribution in [0.3, 0.4) is 0 Å². The van der Waals surface area contributed by atoms with Gasteiger partial charge in [0.2, 0.25) is 5.91 Å². The first-order valence-corrected chi connectivity index (χ1v) is 5.77. The summed E-state index contributed by atoms with van der Waals surface area (Å²) in [4.78, 5) is 34.9. The summed E-state index contributed by atoms with van der Waals surface area (Å²) in [5.41, 5.74) is 1.35. The molecule has 0 aliphatic carbocycles. The lowest BCUT2D eigenvalue weighted by Crippen LogP contribution is -2.26. The molecule has 2 rings (SSSR count). The largest absolute Gasteiger partial charge is 0.481 e. The fraction of sp³-hybridized carbons (Fsp3) is 0.308. The van der Waals surface area contributed by atoms with E-state index in [4.69, 9.17) is 10.2 Å². The summed E-state index contributed by atoms with van der Waals surface area (Å²) in [5, 5.41) is 17.8. The molecule has 1 amide bonds. The van der Waals surface area contributed by atoms with Crippen LogP contribution in [0.2, 0.25) is 0 Å². The fourth-order valence-corrected chi connectivity index (χ4v) is 2.20. The highest BCUT2D eigenvalue weighted by Crippen LogP contribution is 2.28. The van der Waals surface area contributed by atoms with Crippen LogP contribution in [0.15, 0.2) is 18.2 Å². The van der Waals surface area contributed by atoms with E-state index in [-0.39, 0.29) is 24.4 Å². The maximum Gasteiger partial charge on any atom is 0.335 e. The Morgan fingerprint density at radius 3 is 2.47 bits per heavy atom. The van der Waals surface area contributed by atoms with E-state index in [2.05, 4.69) is 0 Å². The van der Waals surface area contributed by atoms with Gasteiger partial charge in [0, 0.05) is 18.7 Å². The van der Waals surface area contributed by atoms with Crippen LogP contribution in [-0.4, -0.2) is 34.6 Å². The van der Waals surface area contributed by atoms with Gasteiger partial charge in [-0.2, -0.15) is 0 Å². The Labute approximate surface area is 109 Å². The minimum atomic E-state index is -1.04. The highest BCUT2D eigenvalue weighted by molar-refractivity contribution is 6.00. The SMILES string of the molecule is Cc1cc(C(=O)O)ccc1N1CC(C(=O)O)CC1=O. The summed E-state index contributed by atoms with van der Waals surface area (Å²) in [5.74, 6) is -2.98. The van der Waals surface area contributed by atoms with Crippen LogP contribution in [0.25, 0.3) is 0 Å². The van der Waals surface area contributed by atoms with E-state index in [9.17, 15) is 14.4 Å². The smallest absolute Gasteiger partial charge is 0.335 e. The quantitative estimate of drug-likeness (QED) is 0.852. The predicted molar refractivity (Wildman–Crippen MR) is 66.2 cm³/mol. The highest BCUT2D eigenvalue weighted by Gasteiger charge is 2.35. The molecule has 0 bridgehead atoms. The van der Waals surface area contributed by atoms with Gasteiger partial charge in [0.25, 0.3) is 0 Å². The molecule has 0 radical (unpaired) electrons. The van der Waals surface area contributed by atoms with Gasteiger partial charge < -0.3 is 15.1 Å². The molecule has 1 unspecified atom stereocenters. The summed E-state index contributed by atoms with van der Waals surface area (Å²) >= 11 is 0. The van der Waals surface area contributed by atoms with Gasteiger partial charge in [0.1, 0.15) is 0 Å². The average molecular weight is 263 g/mol. The van der Waals surface area contributed by atoms with E-state index in [1.807, 2.05) is 0 Å². The van der Waals surface area contributed by atoms with Gasteiger partial charge in [-0.05, 0) is 30.7 Å². The monoisotopic (exact) mass is 263 g/mol. The second kappa shape index (κ2) is 4.72. The zero-order chi connectivity index (χ0) is 14.2. The van der Waals surface area contributed by atoms with Gasteiger partial charge in [0.15, 0.2) is 0 Å². The van der Waals surface area contributed by atoms with Crippen molar-refractivity contribution in [3.63, 3.8) is 0 Å². The van der Waals surface area contributed by atoms with Gasteiger partial charge in [-0.3, -0.25) is 9.59 Å². The first-order valence-electron chi connectivity index (χ1n) is 5.77. The molecule has 1 fully saturated rings. The maximum atomic E-state index is 11.8. The van der Waals surface area contributed by atoms with E-state index in [0.717, 1.165) is 0 Å². The van der Waals surface area contributed by atoms with E-state index in [1.54, 1.807) is 13.0 Å². The summed E-state index contributed by atoms with van der Waals surface area (Å²) in [6, 6.07) is 4.42. The van der Waals surface area contributed by atoms with Crippen molar-refractivity contribution in [2.24, 2.45) is 5.92 Å². The Morgan fingerprint density at radius 1 is 1.32 bits per heavy atom. The lowest BCUT2D eigenvalue weighted by Gasteiger charge is -2.18. The van der Waals surface area contributed by atoms with Crippen molar-refractivity contribution in [1.29, 1.82) is 0 Å². The number of aliphatic carboxylic acids is 1. The topological polar surface area (TPSA) is 94.9 Å². The number of aryl methyl sites for hydroxylation is 1. The molecule has 100 valence electrons. The normalized spacial score (nSPS) is 18.7. The number of amides is 1. The van der Waals surface area contributed by atoms with Gasteiger partial charge in [-0.15, -0.1) is 0 Å². The minimum absolute atomic E-state index is 0.0184. The molecule has 0 aromatic heterocycles. The summed E-state index contributed by atoms with van der Waals surface area (Å²) in [6.45, 7) is 1.82. The molecule has 1 aromatic carbocycles. The Kier molecular flexibility index (Phi) is 3.25. The molecule has 1 aromatic rings. The van der Waals surface area contributed by atoms with E-state index < -0.39 is 17.9 Å². The summed E-state index contributed by atoms with van der Waals surface area (Å²) < 4.78 is 0. The summed E-state index contributed by atoms with van der Waals surface area (Å²) in [6.07, 6.45) is -0.0184. The third-order valence-electron chi connectivity index (χ3n) is 3.21. The zero-order valence-electron chi connectivity index (χ0n) is 10.3. The van der Waals surface area contributed by atoms with Crippen molar-refractivity contribution < 1.29 is 24.6 Å². The number of hydrogen-bond donors (Lipinski definition) is 2. The van der Waals surface area contributed by atoms with Gasteiger partial charge in [0.05, 0.1) is 11.5 Å². The Balaban J connectivity index is 2.30. The van der Waals surface area contributed by atoms with Crippen molar-refractivity contribution in [1.82, 2.24) is 0 Å². The van der Waals surface area contributed by atoms with Gasteiger partial charge in [-0.25, -0.2) is 4.79 Å². The van der Waals surface area contributed by atoms with Crippen LogP contribution < -0.4 is 4.90 Å². The standard InChI is InChI=1S/C13H13NO5/c1-7-4-8(12(16)17)2-3-10(7)14-6-9(13(18)19)5-11(14)15/h2-4,9H,5-6H2,1H3,(H,16,17)(H,18,19). The van der Waals surface area contributed by atoms with E-state index >= 15 is 0 Å². The molecule has 1 saturated heterocycles. The number of nitrogens with zero attached hydrogens (tertiary/aromatic N) is 1. The Morgan fingerprint density at radius 2 is 2.00 bits per heavy atom. The highest BCUT2D eigenvalue weighted by atomic mass is 16.4. The van der Waals surface area contributed by atoms with Gasteiger partial charge >= 0.3 is 11.9 Å². The van der Waals surface area contributed by atoms with Crippen LogP contribution >= 0.6 is 0 Å². The zero-order valence-corrected chi connectivity index (χ0v) is 10.3. The maximum absolute atomic E-state index is 11.8. The van der Waals surface area contributed by atoms with Crippen LogP contribution in [0, 0.1) is 12.8 Å². The third kappa shape index (κ3) is 2.42. The van der Waals surface area contributed by atoms with E-state index in [0.29, 0.717) is 11.3 Å². The average Bonchev–Trinajstić information content (AvgIpc) is 2.71. The molecular weight excluding hydrogens is 250 g/mol. The predicted octanol–water partition coefficient (Wildman–Crippen LogP) is 1.13. The number of carbonyl (C=O) groups is 3. The molecule has 2 N–H and O–H groups in total. The molecule has 1 aliphatic heterocycles. The van der Waals surface area contributed by atoms with Crippen molar-refractivity contribution in [2.45, 2.75) is 13.3 Å². The lowest BCUT2D eigenvalue weighted by molar-refractivity contribution is -0.141. The number of hydrogen-bond acceptors (Lipinski definition) is 3. The molecule has 1 aliphatic rings. The Bertz CT molecular complexity index is 566. The molecular formula is C13H13NO5. The summed E-state index contributed by atoms with van der Waals surface area (Å²) in [7, 11) is 0. The minimum Gasteiger partial charge on any atom is -0.481 e. The first-order chi connectivity index (χ1) is 8.90. The van der Waals surface area contributed by atoms with Crippen LogP contribution in [0.5, 0.6) is 0 Å². The molecule has 1 heterocycles. The number of carboxylic acid groups (broad SMARTS) is 2. The van der Waals surface area contributed by atoms with Crippen molar-refractivity contribution >= 4 is 23.5 Å². The second-order valence-electron chi connectivity index (χ2n) is 4.55. The number of benzene rings is 1. The second-order valence-corrected chi connectivity index (χ2v) is 4.55. The van der Waals surface area contributed by atoms with Crippen LogP contribution in [-0.2, 0) is 9.59 Å². The molecule has 0 saturated carbocycles. The van der Waals surface area contributed by atoms with Crippen LogP contribution in [0.1, 0.15) is 22.3 Å². The van der Waals surface area contributed by atoms with E-state index in [1.165, 1.54) is 17.0 Å². The lowest BCUT2D eigenvalue weighted by atomic mass is 10.1. The van der Waals surface area contributed by atoms with Gasteiger partial charge in [-0.1, -0.05) is 0 Å². The number of aromatic carboxylic acids is 1. The third-order valence-corrected chi connectivity index (χ3v) is 3.21. The number of rotatable bonds is 3. The van der Waals surface area contributed by atoms with Crippen molar-refractivity contribution in [3.8, 4) is 0 Å². The first kappa shape index (κ1) is 13.1. The fourth-order valence-electron chi connectivity index (χ4n) is 2.20. The molecule has 6 nitrogen and oxygen atoms in total. The van der Waals surface area contributed by atoms with Crippen molar-refractivity contribution in [2.75, 3.05) is 11.4 Å².